The molecule has 1 unspecified atom stereocenters. The molecule has 17 heavy (non-hydrogen) atoms. The lowest BCUT2D eigenvalue weighted by molar-refractivity contribution is -0.156. The van der Waals surface area contributed by atoms with Gasteiger partial charge in [-0.1, -0.05) is 19.3 Å². The van der Waals surface area contributed by atoms with Gasteiger partial charge >= 0.3 is 5.97 Å². The Balaban J connectivity index is 1.59. The van der Waals surface area contributed by atoms with E-state index in [-0.39, 0.29) is 17.7 Å². The highest BCUT2D eigenvalue weighted by molar-refractivity contribution is 5.84. The molecule has 0 N–H and O–H groups in total. The molecule has 96 valence electrons. The molecule has 0 radical (unpaired) electrons. The van der Waals surface area contributed by atoms with Gasteiger partial charge in [0.25, 0.3) is 0 Å². The van der Waals surface area contributed by atoms with Crippen molar-refractivity contribution in [3.63, 3.8) is 0 Å². The van der Waals surface area contributed by atoms with Crippen LogP contribution in [0.3, 0.4) is 0 Å². The molecule has 0 bridgehead atoms. The van der Waals surface area contributed by atoms with E-state index in [4.69, 9.17) is 9.47 Å². The number of hydrogen-bond acceptors (Lipinski definition) is 3. The molecule has 1 atom stereocenters. The molecule has 2 saturated carbocycles. The summed E-state index contributed by atoms with van der Waals surface area (Å²) in [6.07, 6.45) is 10.3. The third-order valence-electron chi connectivity index (χ3n) is 4.85. The summed E-state index contributed by atoms with van der Waals surface area (Å²) in [6, 6.07) is 0. The Hall–Kier alpha value is -0.570. The van der Waals surface area contributed by atoms with Crippen molar-refractivity contribution in [1.82, 2.24) is 0 Å². The van der Waals surface area contributed by atoms with Crippen LogP contribution in [0.25, 0.3) is 0 Å². The SMILES string of the molecule is CC1(C(=O)OC2CCCCC2)OC12CCCC2. The summed E-state index contributed by atoms with van der Waals surface area (Å²) in [5.41, 5.74) is -0.778. The molecule has 0 aromatic rings. The van der Waals surface area contributed by atoms with Gasteiger partial charge in [0, 0.05) is 0 Å². The Kier molecular flexibility index (Phi) is 2.69. The van der Waals surface area contributed by atoms with Crippen molar-refractivity contribution < 1.29 is 14.3 Å². The standard InChI is InChI=1S/C14H22O3/c1-13(14(17-13)9-5-6-10-14)12(15)16-11-7-3-2-4-8-11/h11H,2-10H2,1H3. The van der Waals surface area contributed by atoms with Crippen LogP contribution in [0.4, 0.5) is 0 Å². The monoisotopic (exact) mass is 238 g/mol. The van der Waals surface area contributed by atoms with E-state index in [0.29, 0.717) is 0 Å². The zero-order chi connectivity index (χ0) is 11.9. The molecule has 1 spiro atoms. The number of epoxide rings is 1. The molecule has 3 heteroatoms. The predicted octanol–water partition coefficient (Wildman–Crippen LogP) is 2.96. The van der Waals surface area contributed by atoms with Crippen LogP contribution in [0.15, 0.2) is 0 Å². The second-order valence-electron chi connectivity index (χ2n) is 6.00. The van der Waals surface area contributed by atoms with Crippen molar-refractivity contribution >= 4 is 5.97 Å². The van der Waals surface area contributed by atoms with E-state index < -0.39 is 5.60 Å². The third kappa shape index (κ3) is 1.79. The highest BCUT2D eigenvalue weighted by atomic mass is 16.7. The van der Waals surface area contributed by atoms with E-state index in [2.05, 4.69) is 0 Å². The Labute approximate surface area is 103 Å². The molecule has 1 saturated heterocycles. The average molecular weight is 238 g/mol. The maximum atomic E-state index is 12.2. The van der Waals surface area contributed by atoms with Crippen molar-refractivity contribution in [1.29, 1.82) is 0 Å². The van der Waals surface area contributed by atoms with Gasteiger partial charge in [-0.2, -0.15) is 0 Å². The minimum atomic E-state index is -0.624. The Morgan fingerprint density at radius 1 is 1.12 bits per heavy atom. The summed E-state index contributed by atoms with van der Waals surface area (Å²) in [6.45, 7) is 1.92. The van der Waals surface area contributed by atoms with E-state index in [1.165, 1.54) is 32.1 Å². The van der Waals surface area contributed by atoms with Gasteiger partial charge in [-0.3, -0.25) is 0 Å². The second-order valence-corrected chi connectivity index (χ2v) is 6.00. The van der Waals surface area contributed by atoms with Crippen molar-refractivity contribution in [2.75, 3.05) is 0 Å². The minimum Gasteiger partial charge on any atom is -0.460 e. The van der Waals surface area contributed by atoms with Gasteiger partial charge in [0.1, 0.15) is 11.7 Å². The quantitative estimate of drug-likeness (QED) is 0.548. The highest BCUT2D eigenvalue weighted by Crippen LogP contribution is 2.58. The van der Waals surface area contributed by atoms with Gasteiger partial charge in [-0.15, -0.1) is 0 Å². The lowest BCUT2D eigenvalue weighted by Crippen LogP contribution is -2.35. The number of rotatable bonds is 2. The van der Waals surface area contributed by atoms with E-state index in [1.807, 2.05) is 6.92 Å². The van der Waals surface area contributed by atoms with E-state index in [0.717, 1.165) is 25.7 Å². The number of carbonyl (C=O) groups excluding carboxylic acids is 1. The smallest absolute Gasteiger partial charge is 0.341 e. The molecule has 3 rings (SSSR count). The van der Waals surface area contributed by atoms with Crippen LogP contribution < -0.4 is 0 Å². The molecule has 1 heterocycles. The number of esters is 1. The summed E-state index contributed by atoms with van der Waals surface area (Å²) in [5.74, 6) is -0.105. The molecule has 0 aromatic carbocycles. The number of hydrogen-bond donors (Lipinski definition) is 0. The number of carbonyl (C=O) groups is 1. The molecule has 1 aliphatic heterocycles. The fraction of sp³-hybridized carbons (Fsp3) is 0.929. The lowest BCUT2D eigenvalue weighted by atomic mass is 9.92. The molecule has 3 fully saturated rings. The van der Waals surface area contributed by atoms with Crippen LogP contribution >= 0.6 is 0 Å². The van der Waals surface area contributed by atoms with Crippen LogP contribution in [-0.2, 0) is 14.3 Å². The van der Waals surface area contributed by atoms with Gasteiger partial charge in [0.2, 0.25) is 0 Å². The van der Waals surface area contributed by atoms with E-state index in [1.54, 1.807) is 0 Å². The first-order valence-electron chi connectivity index (χ1n) is 7.08. The predicted molar refractivity (Wildman–Crippen MR) is 63.7 cm³/mol. The Morgan fingerprint density at radius 2 is 1.76 bits per heavy atom. The lowest BCUT2D eigenvalue weighted by Gasteiger charge is -2.23. The van der Waals surface area contributed by atoms with Gasteiger partial charge in [0.05, 0.1) is 0 Å². The molecule has 2 aliphatic carbocycles. The minimum absolute atomic E-state index is 0.105. The highest BCUT2D eigenvalue weighted by Gasteiger charge is 2.72. The van der Waals surface area contributed by atoms with Gasteiger partial charge in [-0.05, 0) is 45.4 Å². The molecule has 3 aliphatic rings. The normalized spacial score (nSPS) is 36.1. The summed E-state index contributed by atoms with van der Waals surface area (Å²) < 4.78 is 11.4. The maximum Gasteiger partial charge on any atom is 0.341 e. The van der Waals surface area contributed by atoms with Gasteiger partial charge in [-0.25, -0.2) is 4.79 Å². The molecular weight excluding hydrogens is 216 g/mol. The first-order valence-corrected chi connectivity index (χ1v) is 7.08. The van der Waals surface area contributed by atoms with Crippen LogP contribution in [0.1, 0.15) is 64.7 Å². The van der Waals surface area contributed by atoms with Crippen molar-refractivity contribution in [2.24, 2.45) is 0 Å². The molecular formula is C14H22O3. The topological polar surface area (TPSA) is 38.8 Å². The Bertz CT molecular complexity index is 313. The van der Waals surface area contributed by atoms with Crippen LogP contribution in [0.2, 0.25) is 0 Å². The molecule has 0 amide bonds. The van der Waals surface area contributed by atoms with Crippen molar-refractivity contribution in [3.05, 3.63) is 0 Å². The third-order valence-corrected chi connectivity index (χ3v) is 4.85. The first kappa shape index (κ1) is 11.5. The molecule has 3 nitrogen and oxygen atoms in total. The number of ether oxygens (including phenoxy) is 2. The van der Waals surface area contributed by atoms with Gasteiger partial charge in [0.15, 0.2) is 5.60 Å². The van der Waals surface area contributed by atoms with Crippen LogP contribution in [-0.4, -0.2) is 23.3 Å². The van der Waals surface area contributed by atoms with Crippen molar-refractivity contribution in [3.8, 4) is 0 Å². The fourth-order valence-electron chi connectivity index (χ4n) is 3.56. The summed E-state index contributed by atoms with van der Waals surface area (Å²) >= 11 is 0. The van der Waals surface area contributed by atoms with Crippen molar-refractivity contribution in [2.45, 2.75) is 82.0 Å². The first-order chi connectivity index (χ1) is 8.16. The van der Waals surface area contributed by atoms with Crippen LogP contribution in [0, 0.1) is 0 Å². The zero-order valence-electron chi connectivity index (χ0n) is 10.7. The van der Waals surface area contributed by atoms with E-state index in [9.17, 15) is 4.79 Å². The largest absolute Gasteiger partial charge is 0.460 e. The summed E-state index contributed by atoms with van der Waals surface area (Å²) in [5, 5.41) is 0. The molecule has 0 aromatic heterocycles. The van der Waals surface area contributed by atoms with Crippen LogP contribution in [0.5, 0.6) is 0 Å². The second kappa shape index (κ2) is 3.98. The van der Waals surface area contributed by atoms with Gasteiger partial charge < -0.3 is 9.47 Å². The Morgan fingerprint density at radius 3 is 2.41 bits per heavy atom. The zero-order valence-corrected chi connectivity index (χ0v) is 10.7. The summed E-state index contributed by atoms with van der Waals surface area (Å²) in [7, 11) is 0. The average Bonchev–Trinajstić information content (AvgIpc) is 2.71. The van der Waals surface area contributed by atoms with E-state index >= 15 is 0 Å². The fourth-order valence-corrected chi connectivity index (χ4v) is 3.56. The maximum absolute atomic E-state index is 12.2. The summed E-state index contributed by atoms with van der Waals surface area (Å²) in [4.78, 5) is 12.2.